The average Bonchev–Trinajstić information content (AvgIpc) is 2.88. The maximum atomic E-state index is 4.89. The van der Waals surface area contributed by atoms with E-state index in [9.17, 15) is 0 Å². The quantitative estimate of drug-likeness (QED) is 0.645. The Bertz CT molecular complexity index is 490. The van der Waals surface area contributed by atoms with Crippen molar-refractivity contribution >= 4 is 11.5 Å². The molecule has 0 spiro atoms. The monoisotopic (exact) mass is 212 g/mol. The molecule has 2 heteroatoms. The lowest BCUT2D eigenvalue weighted by Crippen LogP contribution is -2.38. The number of aliphatic imine (C=N–C) groups is 1. The van der Waals surface area contributed by atoms with Crippen molar-refractivity contribution in [3.05, 3.63) is 29.3 Å². The average molecular weight is 212 g/mol. The lowest BCUT2D eigenvalue weighted by molar-refractivity contribution is 0.316. The zero-order valence-electron chi connectivity index (χ0n) is 9.61. The predicted octanol–water partition coefficient (Wildman–Crippen LogP) is 3.02. The Morgan fingerprint density at radius 2 is 2.25 bits per heavy atom. The van der Waals surface area contributed by atoms with Crippen molar-refractivity contribution in [3.8, 4) is 0 Å². The number of hydrogen-bond donors (Lipinski definition) is 0. The second kappa shape index (κ2) is 2.88. The van der Waals surface area contributed by atoms with Crippen molar-refractivity contribution in [2.45, 2.75) is 38.8 Å². The SMILES string of the molecule is Cc1cccc2c1CN1C(=N2)C2CCC1C2. The minimum atomic E-state index is 0.763. The van der Waals surface area contributed by atoms with Crippen molar-refractivity contribution in [3.63, 3.8) is 0 Å². The van der Waals surface area contributed by atoms with E-state index >= 15 is 0 Å². The van der Waals surface area contributed by atoms with E-state index in [1.807, 2.05) is 0 Å². The predicted molar refractivity (Wildman–Crippen MR) is 64.9 cm³/mol. The second-order valence-corrected chi connectivity index (χ2v) is 5.33. The van der Waals surface area contributed by atoms with E-state index in [2.05, 4.69) is 30.0 Å². The number of piperidine rings is 1. The number of benzene rings is 1. The summed E-state index contributed by atoms with van der Waals surface area (Å²) in [5.74, 6) is 2.15. The molecule has 3 aliphatic rings. The summed E-state index contributed by atoms with van der Waals surface area (Å²) in [6, 6.07) is 7.28. The zero-order valence-corrected chi connectivity index (χ0v) is 9.61. The molecule has 1 aromatic rings. The first-order valence-electron chi connectivity index (χ1n) is 6.26. The number of aryl methyl sites for hydroxylation is 1. The van der Waals surface area contributed by atoms with Crippen molar-refractivity contribution in [2.24, 2.45) is 10.9 Å². The van der Waals surface area contributed by atoms with E-state index < -0.39 is 0 Å². The maximum Gasteiger partial charge on any atom is 0.109 e. The van der Waals surface area contributed by atoms with Gasteiger partial charge in [-0.05, 0) is 37.8 Å². The van der Waals surface area contributed by atoms with E-state index in [1.165, 1.54) is 41.9 Å². The molecule has 0 radical (unpaired) electrons. The first kappa shape index (κ1) is 8.80. The standard InChI is InChI=1S/C14H16N2/c1-9-3-2-4-13-12(9)8-16-11-6-5-10(7-11)14(16)15-13/h2-4,10-11H,5-8H2,1H3. The van der Waals surface area contributed by atoms with Gasteiger partial charge in [0.2, 0.25) is 0 Å². The Morgan fingerprint density at radius 1 is 1.31 bits per heavy atom. The van der Waals surface area contributed by atoms with Gasteiger partial charge >= 0.3 is 0 Å². The minimum absolute atomic E-state index is 0.763. The normalized spacial score (nSPS) is 30.1. The first-order chi connectivity index (χ1) is 7.83. The van der Waals surface area contributed by atoms with Crippen molar-refractivity contribution in [1.82, 2.24) is 4.90 Å². The van der Waals surface area contributed by atoms with Crippen molar-refractivity contribution in [2.75, 3.05) is 0 Å². The molecule has 2 fully saturated rings. The van der Waals surface area contributed by atoms with Gasteiger partial charge in [0, 0.05) is 24.1 Å². The van der Waals surface area contributed by atoms with E-state index in [0.29, 0.717) is 0 Å². The minimum Gasteiger partial charge on any atom is -0.352 e. The topological polar surface area (TPSA) is 15.6 Å². The van der Waals surface area contributed by atoms with Crippen LogP contribution in [0.4, 0.5) is 5.69 Å². The third-order valence-corrected chi connectivity index (χ3v) is 4.45. The molecule has 0 amide bonds. The summed E-state index contributed by atoms with van der Waals surface area (Å²) >= 11 is 0. The highest BCUT2D eigenvalue weighted by atomic mass is 15.3. The van der Waals surface area contributed by atoms with Gasteiger partial charge in [-0.3, -0.25) is 0 Å². The van der Waals surface area contributed by atoms with Gasteiger partial charge in [-0.25, -0.2) is 4.99 Å². The molecule has 16 heavy (non-hydrogen) atoms. The molecule has 0 aromatic heterocycles. The van der Waals surface area contributed by atoms with Gasteiger partial charge in [0.1, 0.15) is 5.84 Å². The summed E-state index contributed by atoms with van der Waals surface area (Å²) in [6.07, 6.45) is 4.10. The summed E-state index contributed by atoms with van der Waals surface area (Å²) < 4.78 is 0. The number of nitrogens with zero attached hydrogens (tertiary/aromatic N) is 2. The number of rotatable bonds is 0. The molecule has 1 aromatic carbocycles. The van der Waals surface area contributed by atoms with Gasteiger partial charge < -0.3 is 4.90 Å². The molecule has 1 aliphatic carbocycles. The van der Waals surface area contributed by atoms with Crippen LogP contribution in [0.2, 0.25) is 0 Å². The highest BCUT2D eigenvalue weighted by molar-refractivity contribution is 5.92. The summed E-state index contributed by atoms with van der Waals surface area (Å²) in [6.45, 7) is 3.30. The molecule has 2 heterocycles. The Hall–Kier alpha value is -1.31. The first-order valence-corrected chi connectivity index (χ1v) is 6.26. The highest BCUT2D eigenvalue weighted by Crippen LogP contribution is 2.44. The maximum absolute atomic E-state index is 4.89. The van der Waals surface area contributed by atoms with Crippen LogP contribution in [0, 0.1) is 12.8 Å². The van der Waals surface area contributed by atoms with Crippen LogP contribution in [-0.2, 0) is 6.54 Å². The van der Waals surface area contributed by atoms with Gasteiger partial charge in [0.25, 0.3) is 0 Å². The van der Waals surface area contributed by atoms with Crippen molar-refractivity contribution in [1.29, 1.82) is 0 Å². The largest absolute Gasteiger partial charge is 0.352 e. The molecule has 1 saturated heterocycles. The molecule has 82 valence electrons. The van der Waals surface area contributed by atoms with Gasteiger partial charge in [0.05, 0.1) is 5.69 Å². The Morgan fingerprint density at radius 3 is 3.19 bits per heavy atom. The van der Waals surface area contributed by atoms with Crippen LogP contribution < -0.4 is 0 Å². The molecule has 1 saturated carbocycles. The van der Waals surface area contributed by atoms with E-state index in [-0.39, 0.29) is 0 Å². The number of amidine groups is 1. The molecule has 2 aliphatic heterocycles. The van der Waals surface area contributed by atoms with Crippen LogP contribution in [0.5, 0.6) is 0 Å². The summed E-state index contributed by atoms with van der Waals surface area (Å²) in [4.78, 5) is 7.45. The smallest absolute Gasteiger partial charge is 0.109 e. The fourth-order valence-corrected chi connectivity index (χ4v) is 3.55. The third-order valence-electron chi connectivity index (χ3n) is 4.45. The third kappa shape index (κ3) is 0.998. The zero-order chi connectivity index (χ0) is 10.7. The van der Waals surface area contributed by atoms with Crippen LogP contribution in [0.1, 0.15) is 30.4 Å². The lowest BCUT2D eigenvalue weighted by atomic mass is 10.0. The fourth-order valence-electron chi connectivity index (χ4n) is 3.55. The number of hydrogen-bond acceptors (Lipinski definition) is 2. The summed E-state index contributed by atoms with van der Waals surface area (Å²) in [5.41, 5.74) is 4.06. The van der Waals surface area contributed by atoms with Gasteiger partial charge in [0.15, 0.2) is 0 Å². The Balaban J connectivity index is 1.87. The van der Waals surface area contributed by atoms with Gasteiger partial charge in [-0.2, -0.15) is 0 Å². The molecular formula is C14H16N2. The second-order valence-electron chi connectivity index (χ2n) is 5.33. The molecule has 2 atom stereocenters. The van der Waals surface area contributed by atoms with Gasteiger partial charge in [-0.15, -0.1) is 0 Å². The van der Waals surface area contributed by atoms with Gasteiger partial charge in [-0.1, -0.05) is 12.1 Å². The van der Waals surface area contributed by atoms with Crippen molar-refractivity contribution < 1.29 is 0 Å². The molecular weight excluding hydrogens is 196 g/mol. The molecule has 2 unspecified atom stereocenters. The van der Waals surface area contributed by atoms with Crippen LogP contribution in [-0.4, -0.2) is 16.8 Å². The molecule has 2 nitrogen and oxygen atoms in total. The molecule has 4 rings (SSSR count). The van der Waals surface area contributed by atoms with E-state index in [0.717, 1.165) is 18.5 Å². The van der Waals surface area contributed by atoms with Crippen LogP contribution >= 0.6 is 0 Å². The Kier molecular flexibility index (Phi) is 1.58. The fraction of sp³-hybridized carbons (Fsp3) is 0.500. The van der Waals surface area contributed by atoms with E-state index in [4.69, 9.17) is 4.99 Å². The highest BCUT2D eigenvalue weighted by Gasteiger charge is 2.44. The van der Waals surface area contributed by atoms with Crippen LogP contribution in [0.25, 0.3) is 0 Å². The molecule has 2 bridgehead atoms. The number of fused-ring (bicyclic) bond motifs is 6. The van der Waals surface area contributed by atoms with E-state index in [1.54, 1.807) is 0 Å². The summed E-state index contributed by atoms with van der Waals surface area (Å²) in [5, 5.41) is 0. The lowest BCUT2D eigenvalue weighted by Gasteiger charge is -2.34. The van der Waals surface area contributed by atoms with Crippen LogP contribution in [0.15, 0.2) is 23.2 Å². The molecule has 0 N–H and O–H groups in total. The van der Waals surface area contributed by atoms with Crippen LogP contribution in [0.3, 0.4) is 0 Å². The summed E-state index contributed by atoms with van der Waals surface area (Å²) in [7, 11) is 0. The Labute approximate surface area is 96.0 Å².